The van der Waals surface area contributed by atoms with E-state index in [1.807, 2.05) is 13.0 Å². The first kappa shape index (κ1) is 7.35. The van der Waals surface area contributed by atoms with Gasteiger partial charge in [-0.1, -0.05) is 17.7 Å². The second-order valence-corrected chi connectivity index (χ2v) is 2.58. The standard InChI is InChI=1S/C7H8ClNO/c1-5-2-3-6(4-10)7(8)9-5/h2-4,7,9H,1H3. The van der Waals surface area contributed by atoms with Crippen molar-refractivity contribution in [2.45, 2.75) is 12.4 Å². The second-order valence-electron chi connectivity index (χ2n) is 2.14. The van der Waals surface area contributed by atoms with Crippen LogP contribution in [0.1, 0.15) is 6.92 Å². The van der Waals surface area contributed by atoms with E-state index in [2.05, 4.69) is 5.32 Å². The predicted molar refractivity (Wildman–Crippen MR) is 40.7 cm³/mol. The summed E-state index contributed by atoms with van der Waals surface area (Å²) in [5.74, 6) is 0. The number of hydrogen-bond donors (Lipinski definition) is 1. The van der Waals surface area contributed by atoms with Crippen LogP contribution in [0.15, 0.2) is 23.4 Å². The molecule has 1 aliphatic rings. The van der Waals surface area contributed by atoms with Gasteiger partial charge in [0.1, 0.15) is 11.8 Å². The molecule has 2 nitrogen and oxygen atoms in total. The molecule has 54 valence electrons. The molecule has 3 heteroatoms. The maximum absolute atomic E-state index is 10.3. The van der Waals surface area contributed by atoms with Gasteiger partial charge in [0.15, 0.2) is 0 Å². The predicted octanol–water partition coefficient (Wildman–Crippen LogP) is 1.18. The quantitative estimate of drug-likeness (QED) is 0.352. The molecule has 0 saturated carbocycles. The van der Waals surface area contributed by atoms with Crippen LogP contribution >= 0.6 is 11.6 Å². The number of nitrogens with one attached hydrogen (secondary N) is 1. The minimum absolute atomic E-state index is 0.359. The third-order valence-electron chi connectivity index (χ3n) is 1.31. The van der Waals surface area contributed by atoms with Gasteiger partial charge in [0.25, 0.3) is 0 Å². The molecule has 0 bridgehead atoms. The number of carbonyl (C=O) groups is 1. The van der Waals surface area contributed by atoms with Crippen LogP contribution < -0.4 is 5.32 Å². The van der Waals surface area contributed by atoms with E-state index in [9.17, 15) is 4.79 Å². The molecule has 0 spiro atoms. The van der Waals surface area contributed by atoms with E-state index in [0.717, 1.165) is 12.0 Å². The zero-order chi connectivity index (χ0) is 7.56. The minimum Gasteiger partial charge on any atom is -0.369 e. The van der Waals surface area contributed by atoms with Gasteiger partial charge < -0.3 is 5.32 Å². The number of allylic oxidation sites excluding steroid dienone is 3. The maximum Gasteiger partial charge on any atom is 0.149 e. The molecule has 0 aromatic heterocycles. The molecule has 10 heavy (non-hydrogen) atoms. The highest BCUT2D eigenvalue weighted by atomic mass is 35.5. The van der Waals surface area contributed by atoms with Gasteiger partial charge in [-0.2, -0.15) is 0 Å². The fourth-order valence-electron chi connectivity index (χ4n) is 0.736. The number of aldehydes is 1. The molecule has 0 amide bonds. The summed E-state index contributed by atoms with van der Waals surface area (Å²) < 4.78 is 0. The molecule has 1 atom stereocenters. The van der Waals surface area contributed by atoms with Gasteiger partial charge in [-0.05, 0) is 13.0 Å². The summed E-state index contributed by atoms with van der Waals surface area (Å²) in [5, 5.41) is 2.91. The summed E-state index contributed by atoms with van der Waals surface area (Å²) in [6.45, 7) is 1.90. The Kier molecular flexibility index (Phi) is 2.12. The third kappa shape index (κ3) is 1.39. The van der Waals surface area contributed by atoms with Crippen LogP contribution in [0.25, 0.3) is 0 Å². The Labute approximate surface area is 64.6 Å². The topological polar surface area (TPSA) is 29.1 Å². The molecule has 0 radical (unpaired) electrons. The summed E-state index contributed by atoms with van der Waals surface area (Å²) in [6, 6.07) is 0. The van der Waals surface area contributed by atoms with E-state index in [0.29, 0.717) is 5.57 Å². The first-order chi connectivity index (χ1) is 4.74. The van der Waals surface area contributed by atoms with Gasteiger partial charge in [0.2, 0.25) is 0 Å². The normalized spacial score (nSPS) is 24.4. The lowest BCUT2D eigenvalue weighted by atomic mass is 10.2. The van der Waals surface area contributed by atoms with Crippen molar-refractivity contribution in [2.75, 3.05) is 0 Å². The number of rotatable bonds is 1. The fourth-order valence-corrected chi connectivity index (χ4v) is 1.03. The number of alkyl halides is 1. The van der Waals surface area contributed by atoms with Crippen molar-refractivity contribution >= 4 is 17.9 Å². The number of carbonyl (C=O) groups excluding carboxylic acids is 1. The van der Waals surface area contributed by atoms with Crippen molar-refractivity contribution in [2.24, 2.45) is 0 Å². The Morgan fingerprint density at radius 1 is 1.70 bits per heavy atom. The number of dihydropyridines is 1. The van der Waals surface area contributed by atoms with Crippen LogP contribution in [-0.2, 0) is 4.79 Å². The van der Waals surface area contributed by atoms with Crippen LogP contribution in [0, 0.1) is 0 Å². The molecule has 1 N–H and O–H groups in total. The van der Waals surface area contributed by atoms with E-state index in [1.54, 1.807) is 6.08 Å². The molecule has 0 saturated heterocycles. The highest BCUT2D eigenvalue weighted by Gasteiger charge is 2.11. The van der Waals surface area contributed by atoms with Gasteiger partial charge in [-0.15, -0.1) is 0 Å². The van der Waals surface area contributed by atoms with Crippen LogP contribution in [-0.4, -0.2) is 11.8 Å². The Hall–Kier alpha value is -0.760. The van der Waals surface area contributed by atoms with Gasteiger partial charge >= 0.3 is 0 Å². The van der Waals surface area contributed by atoms with Gasteiger partial charge in [-0.3, -0.25) is 4.79 Å². The van der Waals surface area contributed by atoms with Gasteiger partial charge in [0.05, 0.1) is 0 Å². The first-order valence-corrected chi connectivity index (χ1v) is 3.42. The third-order valence-corrected chi connectivity index (χ3v) is 1.67. The first-order valence-electron chi connectivity index (χ1n) is 2.98. The lowest BCUT2D eigenvalue weighted by Crippen LogP contribution is -2.26. The van der Waals surface area contributed by atoms with Crippen molar-refractivity contribution in [1.82, 2.24) is 5.32 Å². The molecule has 1 rings (SSSR count). The Bertz CT molecular complexity index is 208. The van der Waals surface area contributed by atoms with E-state index in [1.165, 1.54) is 0 Å². The summed E-state index contributed by atoms with van der Waals surface area (Å²) >= 11 is 5.73. The molecule has 1 aliphatic heterocycles. The molecule has 0 aromatic rings. The van der Waals surface area contributed by atoms with Gasteiger partial charge in [-0.25, -0.2) is 0 Å². The Balaban J connectivity index is 2.81. The monoisotopic (exact) mass is 157 g/mol. The van der Waals surface area contributed by atoms with Crippen LogP contribution in [0.4, 0.5) is 0 Å². The largest absolute Gasteiger partial charge is 0.369 e. The Morgan fingerprint density at radius 3 is 2.90 bits per heavy atom. The average molecular weight is 158 g/mol. The zero-order valence-electron chi connectivity index (χ0n) is 5.60. The highest BCUT2D eigenvalue weighted by molar-refractivity contribution is 6.24. The van der Waals surface area contributed by atoms with Crippen LogP contribution in [0.2, 0.25) is 0 Å². The molecule has 0 aromatic carbocycles. The highest BCUT2D eigenvalue weighted by Crippen LogP contribution is 2.11. The summed E-state index contributed by atoms with van der Waals surface area (Å²) in [6.07, 6.45) is 4.30. The number of halogens is 1. The SMILES string of the molecule is CC1=CC=C(C=O)C(Cl)N1. The smallest absolute Gasteiger partial charge is 0.149 e. The lowest BCUT2D eigenvalue weighted by Gasteiger charge is -2.16. The fraction of sp³-hybridized carbons (Fsp3) is 0.286. The van der Waals surface area contributed by atoms with Crippen molar-refractivity contribution < 1.29 is 4.79 Å². The van der Waals surface area contributed by atoms with Crippen LogP contribution in [0.3, 0.4) is 0 Å². The lowest BCUT2D eigenvalue weighted by molar-refractivity contribution is -0.105. The minimum atomic E-state index is -0.359. The van der Waals surface area contributed by atoms with E-state index in [-0.39, 0.29) is 5.50 Å². The van der Waals surface area contributed by atoms with E-state index < -0.39 is 0 Å². The second kappa shape index (κ2) is 2.88. The van der Waals surface area contributed by atoms with E-state index >= 15 is 0 Å². The van der Waals surface area contributed by atoms with E-state index in [4.69, 9.17) is 11.6 Å². The molecule has 0 fully saturated rings. The number of hydrogen-bond acceptors (Lipinski definition) is 2. The molecular formula is C7H8ClNO. The molecule has 1 unspecified atom stereocenters. The van der Waals surface area contributed by atoms with Crippen molar-refractivity contribution in [3.63, 3.8) is 0 Å². The summed E-state index contributed by atoms with van der Waals surface area (Å²) in [4.78, 5) is 10.3. The van der Waals surface area contributed by atoms with Crippen molar-refractivity contribution in [1.29, 1.82) is 0 Å². The molecule has 0 aliphatic carbocycles. The summed E-state index contributed by atoms with van der Waals surface area (Å²) in [5.41, 5.74) is 1.19. The zero-order valence-corrected chi connectivity index (χ0v) is 6.35. The van der Waals surface area contributed by atoms with Crippen molar-refractivity contribution in [3.8, 4) is 0 Å². The van der Waals surface area contributed by atoms with Crippen molar-refractivity contribution in [3.05, 3.63) is 23.4 Å². The van der Waals surface area contributed by atoms with Crippen LogP contribution in [0.5, 0.6) is 0 Å². The molecule has 1 heterocycles. The maximum atomic E-state index is 10.3. The Morgan fingerprint density at radius 2 is 2.40 bits per heavy atom. The summed E-state index contributed by atoms with van der Waals surface area (Å²) in [7, 11) is 0. The van der Waals surface area contributed by atoms with Gasteiger partial charge in [0, 0.05) is 11.3 Å². The molecular weight excluding hydrogens is 150 g/mol. The average Bonchev–Trinajstić information content (AvgIpc) is 1.88.